The summed E-state index contributed by atoms with van der Waals surface area (Å²) in [6, 6.07) is 12.8. The van der Waals surface area contributed by atoms with E-state index in [1.807, 2.05) is 24.3 Å². The van der Waals surface area contributed by atoms with Crippen molar-refractivity contribution in [3.8, 4) is 0 Å². The lowest BCUT2D eigenvalue weighted by Crippen LogP contribution is -2.14. The Morgan fingerprint density at radius 2 is 1.75 bits per heavy atom. The second kappa shape index (κ2) is 6.97. The number of nitrogens with one attached hydrogen (secondary N) is 1. The van der Waals surface area contributed by atoms with E-state index in [4.69, 9.17) is 0 Å². The molecule has 1 N–H and O–H groups in total. The van der Waals surface area contributed by atoms with Gasteiger partial charge in [0.05, 0.1) is 4.92 Å². The molecule has 0 amide bonds. The van der Waals surface area contributed by atoms with E-state index in [1.165, 1.54) is 6.07 Å². The first-order valence-corrected chi connectivity index (χ1v) is 7.53. The highest BCUT2D eigenvalue weighted by Gasteiger charge is 2.13. The second-order valence-electron chi connectivity index (χ2n) is 4.23. The molecule has 2 aromatic carbocycles. The number of rotatable bonds is 5. The van der Waals surface area contributed by atoms with Crippen LogP contribution >= 0.6 is 31.9 Å². The summed E-state index contributed by atoms with van der Waals surface area (Å²) in [6.07, 6.45) is 0. The average molecular weight is 400 g/mol. The summed E-state index contributed by atoms with van der Waals surface area (Å²) in [5.74, 6) is 0. The first-order chi connectivity index (χ1) is 9.58. The van der Waals surface area contributed by atoms with Crippen LogP contribution in [0, 0.1) is 10.1 Å². The van der Waals surface area contributed by atoms with E-state index in [0.29, 0.717) is 18.7 Å². The highest BCUT2D eigenvalue weighted by molar-refractivity contribution is 9.10. The van der Waals surface area contributed by atoms with Crippen molar-refractivity contribution in [3.05, 3.63) is 72.7 Å². The van der Waals surface area contributed by atoms with E-state index >= 15 is 0 Å². The molecule has 0 atom stereocenters. The van der Waals surface area contributed by atoms with Crippen LogP contribution in [0.3, 0.4) is 0 Å². The minimum Gasteiger partial charge on any atom is -0.308 e. The molecule has 0 aromatic heterocycles. The van der Waals surface area contributed by atoms with Crippen LogP contribution in [0.1, 0.15) is 11.1 Å². The summed E-state index contributed by atoms with van der Waals surface area (Å²) in [5.41, 5.74) is 1.91. The maximum atomic E-state index is 11.0. The van der Waals surface area contributed by atoms with Crippen LogP contribution in [-0.2, 0) is 13.1 Å². The summed E-state index contributed by atoms with van der Waals surface area (Å²) in [7, 11) is 0. The third-order valence-corrected chi connectivity index (χ3v) is 4.09. The molecule has 0 aliphatic rings. The zero-order valence-electron chi connectivity index (χ0n) is 10.5. The average Bonchev–Trinajstić information content (AvgIpc) is 2.41. The molecule has 0 bridgehead atoms. The van der Waals surface area contributed by atoms with Crippen LogP contribution in [0.5, 0.6) is 0 Å². The molecule has 2 aromatic rings. The molecule has 0 saturated heterocycles. The van der Waals surface area contributed by atoms with Gasteiger partial charge in [-0.3, -0.25) is 10.1 Å². The topological polar surface area (TPSA) is 55.2 Å². The van der Waals surface area contributed by atoms with E-state index in [2.05, 4.69) is 37.2 Å². The molecule has 20 heavy (non-hydrogen) atoms. The van der Waals surface area contributed by atoms with Crippen molar-refractivity contribution in [3.63, 3.8) is 0 Å². The Hall–Kier alpha value is -1.24. The zero-order valence-corrected chi connectivity index (χ0v) is 13.6. The van der Waals surface area contributed by atoms with Gasteiger partial charge in [0.25, 0.3) is 5.69 Å². The SMILES string of the molecule is O=[N+]([O-])c1ccc(Br)cc1CNCc1ccccc1Br. The Bertz CT molecular complexity index is 632. The number of nitro groups is 1. The molecule has 6 heteroatoms. The molecule has 0 unspecified atom stereocenters. The van der Waals surface area contributed by atoms with Gasteiger partial charge in [-0.25, -0.2) is 0 Å². The number of hydrogen-bond donors (Lipinski definition) is 1. The predicted molar refractivity (Wildman–Crippen MR) is 85.5 cm³/mol. The minimum atomic E-state index is -0.359. The first kappa shape index (κ1) is 15.2. The van der Waals surface area contributed by atoms with E-state index in [1.54, 1.807) is 12.1 Å². The summed E-state index contributed by atoms with van der Waals surface area (Å²) in [5, 5.41) is 14.2. The van der Waals surface area contributed by atoms with Crippen molar-refractivity contribution < 1.29 is 4.92 Å². The van der Waals surface area contributed by atoms with Crippen LogP contribution in [0.4, 0.5) is 5.69 Å². The van der Waals surface area contributed by atoms with Gasteiger partial charge < -0.3 is 5.32 Å². The summed E-state index contributed by atoms with van der Waals surface area (Å²) in [4.78, 5) is 10.6. The molecule has 4 nitrogen and oxygen atoms in total. The number of hydrogen-bond acceptors (Lipinski definition) is 3. The molecule has 2 rings (SSSR count). The van der Waals surface area contributed by atoms with Crippen molar-refractivity contribution in [1.82, 2.24) is 5.32 Å². The van der Waals surface area contributed by atoms with E-state index < -0.39 is 0 Å². The standard InChI is InChI=1S/C14H12Br2N2O2/c15-12-5-6-14(18(19)20)11(7-12)9-17-8-10-3-1-2-4-13(10)16/h1-7,17H,8-9H2. The molecular weight excluding hydrogens is 388 g/mol. The lowest BCUT2D eigenvalue weighted by Gasteiger charge is -2.08. The van der Waals surface area contributed by atoms with Crippen LogP contribution in [0.2, 0.25) is 0 Å². The maximum Gasteiger partial charge on any atom is 0.273 e. The number of halogens is 2. The van der Waals surface area contributed by atoms with Crippen LogP contribution in [0.25, 0.3) is 0 Å². The molecule has 0 radical (unpaired) electrons. The highest BCUT2D eigenvalue weighted by atomic mass is 79.9. The van der Waals surface area contributed by atoms with Crippen LogP contribution < -0.4 is 5.32 Å². The first-order valence-electron chi connectivity index (χ1n) is 5.95. The minimum absolute atomic E-state index is 0.132. The highest BCUT2D eigenvalue weighted by Crippen LogP contribution is 2.23. The maximum absolute atomic E-state index is 11.0. The fourth-order valence-electron chi connectivity index (χ4n) is 1.85. The Morgan fingerprint density at radius 1 is 1.05 bits per heavy atom. The van der Waals surface area contributed by atoms with E-state index in [-0.39, 0.29) is 10.6 Å². The smallest absolute Gasteiger partial charge is 0.273 e. The summed E-state index contributed by atoms with van der Waals surface area (Å²) < 4.78 is 1.86. The molecule has 0 aliphatic carbocycles. The normalized spacial score (nSPS) is 10.5. The van der Waals surface area contributed by atoms with Gasteiger partial charge in [-0.15, -0.1) is 0 Å². The van der Waals surface area contributed by atoms with Gasteiger partial charge in [-0.1, -0.05) is 50.1 Å². The van der Waals surface area contributed by atoms with Crippen LogP contribution in [-0.4, -0.2) is 4.92 Å². The molecule has 0 heterocycles. The third kappa shape index (κ3) is 3.88. The molecule has 0 aliphatic heterocycles. The molecule has 0 saturated carbocycles. The van der Waals surface area contributed by atoms with Gasteiger partial charge in [0.1, 0.15) is 0 Å². The largest absolute Gasteiger partial charge is 0.308 e. The molecular formula is C14H12Br2N2O2. The van der Waals surface area contributed by atoms with Crippen molar-refractivity contribution in [2.24, 2.45) is 0 Å². The number of nitro benzene ring substituents is 1. The quantitative estimate of drug-likeness (QED) is 0.598. The Labute approximate surface area is 133 Å². The van der Waals surface area contributed by atoms with Crippen molar-refractivity contribution in [2.45, 2.75) is 13.1 Å². The fraction of sp³-hybridized carbons (Fsp3) is 0.143. The monoisotopic (exact) mass is 398 g/mol. The Balaban J connectivity index is 2.06. The lowest BCUT2D eigenvalue weighted by molar-refractivity contribution is -0.385. The number of nitrogens with zero attached hydrogens (tertiary/aromatic N) is 1. The summed E-state index contributed by atoms with van der Waals surface area (Å²) >= 11 is 6.81. The third-order valence-electron chi connectivity index (χ3n) is 2.83. The lowest BCUT2D eigenvalue weighted by atomic mass is 10.1. The fourth-order valence-corrected chi connectivity index (χ4v) is 2.68. The molecule has 0 fully saturated rings. The Morgan fingerprint density at radius 3 is 2.45 bits per heavy atom. The van der Waals surface area contributed by atoms with Crippen molar-refractivity contribution >= 4 is 37.5 Å². The van der Waals surface area contributed by atoms with Crippen molar-refractivity contribution in [1.29, 1.82) is 0 Å². The van der Waals surface area contributed by atoms with E-state index in [0.717, 1.165) is 14.5 Å². The second-order valence-corrected chi connectivity index (χ2v) is 6.00. The van der Waals surface area contributed by atoms with Gasteiger partial charge in [-0.2, -0.15) is 0 Å². The van der Waals surface area contributed by atoms with Gasteiger partial charge in [0, 0.05) is 33.7 Å². The molecule has 104 valence electrons. The zero-order chi connectivity index (χ0) is 14.5. The van der Waals surface area contributed by atoms with Crippen molar-refractivity contribution in [2.75, 3.05) is 0 Å². The molecule has 0 spiro atoms. The van der Waals surface area contributed by atoms with Gasteiger partial charge in [-0.05, 0) is 23.8 Å². The van der Waals surface area contributed by atoms with Gasteiger partial charge in [0.2, 0.25) is 0 Å². The van der Waals surface area contributed by atoms with Gasteiger partial charge >= 0.3 is 0 Å². The number of benzene rings is 2. The van der Waals surface area contributed by atoms with E-state index in [9.17, 15) is 10.1 Å². The van der Waals surface area contributed by atoms with Crippen LogP contribution in [0.15, 0.2) is 51.4 Å². The Kier molecular flexibility index (Phi) is 5.28. The van der Waals surface area contributed by atoms with Gasteiger partial charge in [0.15, 0.2) is 0 Å². The predicted octanol–water partition coefficient (Wildman–Crippen LogP) is 4.41. The summed E-state index contributed by atoms with van der Waals surface area (Å²) in [6.45, 7) is 1.09.